The van der Waals surface area contributed by atoms with E-state index in [0.717, 1.165) is 5.56 Å². The van der Waals surface area contributed by atoms with E-state index in [9.17, 15) is 5.11 Å². The highest BCUT2D eigenvalue weighted by atomic mass is 35.5. The largest absolute Gasteiger partial charge is 0.391 e. The molecule has 4 heteroatoms. The lowest BCUT2D eigenvalue weighted by Crippen LogP contribution is -2.22. The average Bonchev–Trinajstić information content (AvgIpc) is 2.11. The first-order valence-electron chi connectivity index (χ1n) is 3.95. The van der Waals surface area contributed by atoms with Gasteiger partial charge in [-0.2, -0.15) is 0 Å². The van der Waals surface area contributed by atoms with Gasteiger partial charge >= 0.3 is 0 Å². The van der Waals surface area contributed by atoms with Gasteiger partial charge in [-0.25, -0.2) is 0 Å². The minimum Gasteiger partial charge on any atom is -0.391 e. The lowest BCUT2D eigenvalue weighted by atomic mass is 10.1. The van der Waals surface area contributed by atoms with Gasteiger partial charge in [0.15, 0.2) is 0 Å². The molecule has 0 radical (unpaired) electrons. The van der Waals surface area contributed by atoms with Crippen LogP contribution in [0.5, 0.6) is 0 Å². The number of halogens is 2. The Morgan fingerprint density at radius 3 is 2.69 bits per heavy atom. The molecule has 0 amide bonds. The first kappa shape index (κ1) is 10.8. The summed E-state index contributed by atoms with van der Waals surface area (Å²) in [7, 11) is 0. The van der Waals surface area contributed by atoms with Gasteiger partial charge in [-0.3, -0.25) is 0 Å². The number of nitrogens with two attached hydrogens (primary N) is 1. The summed E-state index contributed by atoms with van der Waals surface area (Å²) in [5, 5.41) is 10.5. The van der Waals surface area contributed by atoms with E-state index in [2.05, 4.69) is 0 Å². The molecule has 3 N–H and O–H groups in total. The van der Waals surface area contributed by atoms with Gasteiger partial charge in [0.25, 0.3) is 0 Å². The molecule has 1 unspecified atom stereocenters. The molecule has 0 spiro atoms. The third kappa shape index (κ3) is 3.16. The van der Waals surface area contributed by atoms with Crippen molar-refractivity contribution >= 4 is 23.2 Å². The minimum absolute atomic E-state index is 0.225. The van der Waals surface area contributed by atoms with Gasteiger partial charge in [-0.05, 0) is 23.8 Å². The van der Waals surface area contributed by atoms with E-state index < -0.39 is 6.10 Å². The normalized spacial score (nSPS) is 12.9. The molecular formula is C9H11Cl2NO. The molecule has 0 aromatic heterocycles. The Morgan fingerprint density at radius 2 is 2.08 bits per heavy atom. The smallest absolute Gasteiger partial charge is 0.0703 e. The fraction of sp³-hybridized carbons (Fsp3) is 0.333. The SMILES string of the molecule is NCC(O)Cc1cc(Cl)ccc1Cl. The number of benzene rings is 1. The predicted octanol–water partition coefficient (Wildman–Crippen LogP) is 1.86. The molecule has 1 atom stereocenters. The molecule has 0 aliphatic heterocycles. The van der Waals surface area contributed by atoms with E-state index in [0.29, 0.717) is 16.5 Å². The van der Waals surface area contributed by atoms with Crippen LogP contribution < -0.4 is 5.73 Å². The molecular weight excluding hydrogens is 209 g/mol. The number of rotatable bonds is 3. The Kier molecular flexibility index (Phi) is 4.00. The van der Waals surface area contributed by atoms with Crippen LogP contribution in [-0.2, 0) is 6.42 Å². The van der Waals surface area contributed by atoms with Crippen molar-refractivity contribution in [3.8, 4) is 0 Å². The van der Waals surface area contributed by atoms with Crippen LogP contribution in [0.2, 0.25) is 10.0 Å². The Morgan fingerprint density at radius 1 is 1.38 bits per heavy atom. The van der Waals surface area contributed by atoms with Crippen LogP contribution in [0.25, 0.3) is 0 Å². The second-order valence-corrected chi connectivity index (χ2v) is 3.67. The summed E-state index contributed by atoms with van der Waals surface area (Å²) in [5.74, 6) is 0. The molecule has 2 nitrogen and oxygen atoms in total. The van der Waals surface area contributed by atoms with E-state index in [1.54, 1.807) is 18.2 Å². The highest BCUT2D eigenvalue weighted by Crippen LogP contribution is 2.21. The van der Waals surface area contributed by atoms with E-state index >= 15 is 0 Å². The fourth-order valence-corrected chi connectivity index (χ4v) is 1.43. The van der Waals surface area contributed by atoms with Crippen LogP contribution in [-0.4, -0.2) is 17.8 Å². The van der Waals surface area contributed by atoms with Crippen LogP contribution in [0.4, 0.5) is 0 Å². The molecule has 0 aliphatic rings. The van der Waals surface area contributed by atoms with Gasteiger partial charge in [-0.15, -0.1) is 0 Å². The Hall–Kier alpha value is -0.280. The van der Waals surface area contributed by atoms with Gasteiger partial charge in [0, 0.05) is 23.0 Å². The molecule has 72 valence electrons. The Labute approximate surface area is 87.3 Å². The topological polar surface area (TPSA) is 46.2 Å². The highest BCUT2D eigenvalue weighted by Gasteiger charge is 2.06. The van der Waals surface area contributed by atoms with Gasteiger partial charge in [0.2, 0.25) is 0 Å². The molecule has 1 aromatic carbocycles. The first-order chi connectivity index (χ1) is 6.13. The summed E-state index contributed by atoms with van der Waals surface area (Å²) in [4.78, 5) is 0. The van der Waals surface area contributed by atoms with Crippen LogP contribution >= 0.6 is 23.2 Å². The van der Waals surface area contributed by atoms with E-state index in [1.165, 1.54) is 0 Å². The third-order valence-electron chi connectivity index (χ3n) is 1.74. The van der Waals surface area contributed by atoms with Crippen LogP contribution in [0.3, 0.4) is 0 Å². The molecule has 1 aromatic rings. The van der Waals surface area contributed by atoms with Gasteiger partial charge in [0.05, 0.1) is 6.10 Å². The number of hydrogen-bond donors (Lipinski definition) is 2. The quantitative estimate of drug-likeness (QED) is 0.816. The summed E-state index contributed by atoms with van der Waals surface area (Å²) in [5.41, 5.74) is 6.11. The van der Waals surface area contributed by atoms with E-state index in [1.807, 2.05) is 0 Å². The van der Waals surface area contributed by atoms with Crippen LogP contribution in [0.15, 0.2) is 18.2 Å². The van der Waals surface area contributed by atoms with Gasteiger partial charge < -0.3 is 10.8 Å². The molecule has 0 saturated heterocycles. The molecule has 0 aliphatic carbocycles. The van der Waals surface area contributed by atoms with Crippen molar-refractivity contribution in [3.05, 3.63) is 33.8 Å². The lowest BCUT2D eigenvalue weighted by Gasteiger charge is -2.09. The Bertz CT molecular complexity index is 291. The monoisotopic (exact) mass is 219 g/mol. The van der Waals surface area contributed by atoms with Crippen molar-refractivity contribution in [2.75, 3.05) is 6.54 Å². The summed E-state index contributed by atoms with van der Waals surface area (Å²) < 4.78 is 0. The van der Waals surface area contributed by atoms with Gasteiger partial charge in [-0.1, -0.05) is 23.2 Å². The summed E-state index contributed by atoms with van der Waals surface area (Å²) >= 11 is 11.7. The summed E-state index contributed by atoms with van der Waals surface area (Å²) in [6.45, 7) is 0.225. The second kappa shape index (κ2) is 4.82. The summed E-state index contributed by atoms with van der Waals surface area (Å²) in [6, 6.07) is 5.16. The number of aliphatic hydroxyl groups excluding tert-OH is 1. The zero-order valence-electron chi connectivity index (χ0n) is 7.00. The molecule has 0 saturated carbocycles. The second-order valence-electron chi connectivity index (χ2n) is 2.83. The van der Waals surface area contributed by atoms with Crippen molar-refractivity contribution in [2.45, 2.75) is 12.5 Å². The van der Waals surface area contributed by atoms with E-state index in [-0.39, 0.29) is 6.54 Å². The standard InChI is InChI=1S/C9H11Cl2NO/c10-7-1-2-9(11)6(3-7)4-8(13)5-12/h1-3,8,13H,4-5,12H2. The molecule has 13 heavy (non-hydrogen) atoms. The summed E-state index contributed by atoms with van der Waals surface area (Å²) in [6.07, 6.45) is -0.119. The maximum absolute atomic E-state index is 9.30. The van der Waals surface area contributed by atoms with Crippen molar-refractivity contribution < 1.29 is 5.11 Å². The minimum atomic E-state index is -0.559. The lowest BCUT2D eigenvalue weighted by molar-refractivity contribution is 0.183. The maximum atomic E-state index is 9.30. The van der Waals surface area contributed by atoms with Crippen molar-refractivity contribution in [2.24, 2.45) is 5.73 Å². The average molecular weight is 220 g/mol. The Balaban J connectivity index is 2.81. The third-order valence-corrected chi connectivity index (χ3v) is 2.34. The molecule has 0 fully saturated rings. The van der Waals surface area contributed by atoms with Crippen LogP contribution in [0.1, 0.15) is 5.56 Å². The first-order valence-corrected chi connectivity index (χ1v) is 4.71. The zero-order chi connectivity index (χ0) is 9.84. The maximum Gasteiger partial charge on any atom is 0.0703 e. The van der Waals surface area contributed by atoms with Crippen molar-refractivity contribution in [1.82, 2.24) is 0 Å². The van der Waals surface area contributed by atoms with Crippen LogP contribution in [0, 0.1) is 0 Å². The van der Waals surface area contributed by atoms with Crippen molar-refractivity contribution in [1.29, 1.82) is 0 Å². The zero-order valence-corrected chi connectivity index (χ0v) is 8.52. The number of hydrogen-bond acceptors (Lipinski definition) is 2. The fourth-order valence-electron chi connectivity index (χ4n) is 1.04. The molecule has 1 rings (SSSR count). The van der Waals surface area contributed by atoms with Crippen molar-refractivity contribution in [3.63, 3.8) is 0 Å². The highest BCUT2D eigenvalue weighted by molar-refractivity contribution is 6.33. The van der Waals surface area contributed by atoms with Gasteiger partial charge in [0.1, 0.15) is 0 Å². The van der Waals surface area contributed by atoms with E-state index in [4.69, 9.17) is 28.9 Å². The molecule has 0 heterocycles. The molecule has 0 bridgehead atoms. The number of aliphatic hydroxyl groups is 1. The predicted molar refractivity (Wildman–Crippen MR) is 55.2 cm³/mol.